The van der Waals surface area contributed by atoms with Crippen LogP contribution in [0.15, 0.2) is 29.6 Å². The number of methoxy groups -OCH3 is 1. The number of ether oxygens (including phenoxy) is 1. The number of halogens is 3. The van der Waals surface area contributed by atoms with Crippen LogP contribution in [0.4, 0.5) is 8.78 Å². The van der Waals surface area contributed by atoms with E-state index >= 15 is 0 Å². The van der Waals surface area contributed by atoms with E-state index in [1.807, 2.05) is 0 Å². The number of carbonyl (C=O) groups excluding carboxylic acids is 1. The number of nitrogens with one attached hydrogen (secondary N) is 2. The lowest BCUT2D eigenvalue weighted by Gasteiger charge is -2.33. The third-order valence-electron chi connectivity index (χ3n) is 4.21. The second kappa shape index (κ2) is 8.60. The SMILES string of the molecule is COc1csc(C(=O)NC2CNCCC2c2ccc(F)c(F)c2)c1.Cl. The molecule has 136 valence electrons. The molecule has 1 aliphatic heterocycles. The van der Waals surface area contributed by atoms with Gasteiger partial charge in [0.15, 0.2) is 11.6 Å². The Morgan fingerprint density at radius 3 is 2.80 bits per heavy atom. The average molecular weight is 389 g/mol. The van der Waals surface area contributed by atoms with Crippen molar-refractivity contribution in [2.24, 2.45) is 0 Å². The minimum atomic E-state index is -0.862. The Balaban J connectivity index is 0.00000225. The highest BCUT2D eigenvalue weighted by molar-refractivity contribution is 7.12. The highest BCUT2D eigenvalue weighted by Gasteiger charge is 2.29. The highest BCUT2D eigenvalue weighted by Crippen LogP contribution is 2.28. The van der Waals surface area contributed by atoms with E-state index in [-0.39, 0.29) is 30.3 Å². The summed E-state index contributed by atoms with van der Waals surface area (Å²) >= 11 is 1.31. The number of hydrogen-bond acceptors (Lipinski definition) is 4. The molecular weight excluding hydrogens is 370 g/mol. The molecule has 3 rings (SSSR count). The third-order valence-corrected chi connectivity index (χ3v) is 5.11. The normalized spacial score (nSPS) is 19.8. The first kappa shape index (κ1) is 19.6. The van der Waals surface area contributed by atoms with Crippen LogP contribution >= 0.6 is 23.7 Å². The second-order valence-corrected chi connectivity index (χ2v) is 6.61. The lowest BCUT2D eigenvalue weighted by Crippen LogP contribution is -2.49. The first-order valence-electron chi connectivity index (χ1n) is 7.67. The predicted molar refractivity (Wildman–Crippen MR) is 96.0 cm³/mol. The van der Waals surface area contributed by atoms with Gasteiger partial charge in [0.05, 0.1) is 12.0 Å². The van der Waals surface area contributed by atoms with E-state index in [1.165, 1.54) is 17.4 Å². The number of benzene rings is 1. The van der Waals surface area contributed by atoms with Crippen LogP contribution < -0.4 is 15.4 Å². The second-order valence-electron chi connectivity index (χ2n) is 5.70. The van der Waals surface area contributed by atoms with Gasteiger partial charge >= 0.3 is 0 Å². The summed E-state index contributed by atoms with van der Waals surface area (Å²) in [7, 11) is 1.55. The van der Waals surface area contributed by atoms with Crippen molar-refractivity contribution >= 4 is 29.7 Å². The quantitative estimate of drug-likeness (QED) is 0.844. The van der Waals surface area contributed by atoms with Gasteiger partial charge in [-0.2, -0.15) is 0 Å². The zero-order chi connectivity index (χ0) is 17.1. The predicted octanol–water partition coefficient (Wildman–Crippen LogP) is 3.33. The lowest BCUT2D eigenvalue weighted by atomic mass is 9.86. The standard InChI is InChI=1S/C17H18F2N2O2S.ClH/c1-23-11-7-16(24-9-11)17(22)21-15-8-20-5-4-12(15)10-2-3-13(18)14(19)6-10;/h2-3,6-7,9,12,15,20H,4-5,8H2,1H3,(H,21,22);1H. The van der Waals surface area contributed by atoms with Crippen molar-refractivity contribution < 1.29 is 18.3 Å². The first-order valence-corrected chi connectivity index (χ1v) is 8.55. The molecule has 25 heavy (non-hydrogen) atoms. The molecule has 1 aliphatic rings. The molecule has 0 bridgehead atoms. The van der Waals surface area contributed by atoms with E-state index in [9.17, 15) is 13.6 Å². The Labute approximate surface area is 155 Å². The lowest BCUT2D eigenvalue weighted by molar-refractivity contribution is 0.0928. The highest BCUT2D eigenvalue weighted by atomic mass is 35.5. The Bertz CT molecular complexity index is 741. The molecule has 0 spiro atoms. The summed E-state index contributed by atoms with van der Waals surface area (Å²) in [6.07, 6.45) is 0.740. The Kier molecular flexibility index (Phi) is 6.75. The summed E-state index contributed by atoms with van der Waals surface area (Å²) in [4.78, 5) is 13.0. The van der Waals surface area contributed by atoms with Gasteiger partial charge in [0.1, 0.15) is 5.75 Å². The summed E-state index contributed by atoms with van der Waals surface area (Å²) in [5, 5.41) is 7.99. The molecular formula is C17H19ClF2N2O2S. The van der Waals surface area contributed by atoms with Crippen molar-refractivity contribution in [2.45, 2.75) is 18.4 Å². The zero-order valence-corrected chi connectivity index (χ0v) is 15.2. The smallest absolute Gasteiger partial charge is 0.261 e. The molecule has 2 aromatic rings. The van der Waals surface area contributed by atoms with Crippen molar-refractivity contribution in [1.29, 1.82) is 0 Å². The summed E-state index contributed by atoms with van der Waals surface area (Å²) in [5.74, 6) is -1.33. The molecule has 0 saturated carbocycles. The van der Waals surface area contributed by atoms with Crippen LogP contribution in [0.25, 0.3) is 0 Å². The van der Waals surface area contributed by atoms with E-state index in [4.69, 9.17) is 4.74 Å². The van der Waals surface area contributed by atoms with Gasteiger partial charge in [-0.1, -0.05) is 6.07 Å². The molecule has 2 heterocycles. The van der Waals surface area contributed by atoms with Crippen molar-refractivity contribution in [2.75, 3.05) is 20.2 Å². The number of rotatable bonds is 4. The fraction of sp³-hybridized carbons (Fsp3) is 0.353. The molecule has 1 amide bonds. The molecule has 1 aromatic carbocycles. The molecule has 0 aliphatic carbocycles. The van der Waals surface area contributed by atoms with Gasteiger partial charge < -0.3 is 15.4 Å². The molecule has 1 fully saturated rings. The van der Waals surface area contributed by atoms with Crippen molar-refractivity contribution in [3.05, 3.63) is 51.7 Å². The maximum atomic E-state index is 13.5. The Morgan fingerprint density at radius 1 is 1.32 bits per heavy atom. The van der Waals surface area contributed by atoms with Gasteiger partial charge in [-0.05, 0) is 30.7 Å². The summed E-state index contributed by atoms with van der Waals surface area (Å²) < 4.78 is 31.8. The summed E-state index contributed by atoms with van der Waals surface area (Å²) in [5.41, 5.74) is 0.699. The van der Waals surface area contributed by atoms with E-state index in [1.54, 1.807) is 24.6 Å². The molecule has 0 radical (unpaired) electrons. The monoisotopic (exact) mass is 388 g/mol. The Morgan fingerprint density at radius 2 is 2.12 bits per heavy atom. The summed E-state index contributed by atoms with van der Waals surface area (Å²) in [6.45, 7) is 1.35. The van der Waals surface area contributed by atoms with Crippen LogP contribution in [0.3, 0.4) is 0 Å². The fourth-order valence-electron chi connectivity index (χ4n) is 2.94. The van der Waals surface area contributed by atoms with Crippen molar-refractivity contribution in [3.8, 4) is 5.75 Å². The fourth-order valence-corrected chi connectivity index (χ4v) is 3.69. The number of piperidine rings is 1. The van der Waals surface area contributed by atoms with Crippen LogP contribution in [0.2, 0.25) is 0 Å². The Hall–Kier alpha value is -1.70. The molecule has 2 N–H and O–H groups in total. The minimum absolute atomic E-state index is 0. The number of carbonyl (C=O) groups is 1. The van der Waals surface area contributed by atoms with Gasteiger partial charge in [0, 0.05) is 30.0 Å². The van der Waals surface area contributed by atoms with E-state index in [2.05, 4.69) is 10.6 Å². The maximum Gasteiger partial charge on any atom is 0.261 e. The number of amides is 1. The van der Waals surface area contributed by atoms with Gasteiger partial charge in [-0.3, -0.25) is 4.79 Å². The van der Waals surface area contributed by atoms with Gasteiger partial charge in [-0.15, -0.1) is 23.7 Å². The molecule has 1 saturated heterocycles. The van der Waals surface area contributed by atoms with Crippen LogP contribution in [0.1, 0.15) is 27.6 Å². The van der Waals surface area contributed by atoms with Crippen molar-refractivity contribution in [3.63, 3.8) is 0 Å². The van der Waals surface area contributed by atoms with Gasteiger partial charge in [-0.25, -0.2) is 8.78 Å². The average Bonchev–Trinajstić information content (AvgIpc) is 3.07. The van der Waals surface area contributed by atoms with Crippen LogP contribution in [0, 0.1) is 11.6 Å². The van der Waals surface area contributed by atoms with Gasteiger partial charge in [0.2, 0.25) is 0 Å². The van der Waals surface area contributed by atoms with Crippen LogP contribution in [0.5, 0.6) is 5.75 Å². The maximum absolute atomic E-state index is 13.5. The van der Waals surface area contributed by atoms with Gasteiger partial charge in [0.25, 0.3) is 5.91 Å². The molecule has 2 unspecified atom stereocenters. The third kappa shape index (κ3) is 4.48. The topological polar surface area (TPSA) is 50.4 Å². The van der Waals surface area contributed by atoms with Crippen LogP contribution in [-0.4, -0.2) is 32.1 Å². The largest absolute Gasteiger partial charge is 0.496 e. The molecule has 2 atom stereocenters. The van der Waals surface area contributed by atoms with E-state index < -0.39 is 11.6 Å². The first-order chi connectivity index (χ1) is 11.6. The minimum Gasteiger partial charge on any atom is -0.496 e. The van der Waals surface area contributed by atoms with E-state index in [0.29, 0.717) is 22.7 Å². The van der Waals surface area contributed by atoms with Crippen LogP contribution in [-0.2, 0) is 0 Å². The van der Waals surface area contributed by atoms with Crippen molar-refractivity contribution in [1.82, 2.24) is 10.6 Å². The zero-order valence-electron chi connectivity index (χ0n) is 13.6. The number of thiophene rings is 1. The van der Waals surface area contributed by atoms with E-state index in [0.717, 1.165) is 19.0 Å². The number of hydrogen-bond donors (Lipinski definition) is 2. The molecule has 4 nitrogen and oxygen atoms in total. The molecule has 8 heteroatoms. The molecule has 1 aromatic heterocycles. The summed E-state index contributed by atoms with van der Waals surface area (Å²) in [6, 6.07) is 5.43.